The average molecular weight is 282 g/mol. The summed E-state index contributed by atoms with van der Waals surface area (Å²) in [7, 11) is 0. The molecule has 110 valence electrons. The standard InChI is InChI=1S/C17H22N4/c1-17(2,3)20-16-18-11-10-15(19-16)21-12-6-8-13-7-4-5-9-14(13)21/h4-5,7,9-11H,6,8,12H2,1-3H3,(H,18,19,20). The summed E-state index contributed by atoms with van der Waals surface area (Å²) >= 11 is 0. The molecule has 0 atom stereocenters. The lowest BCUT2D eigenvalue weighted by Gasteiger charge is -2.30. The number of aromatic nitrogens is 2. The van der Waals surface area contributed by atoms with Crippen LogP contribution >= 0.6 is 0 Å². The molecule has 0 saturated carbocycles. The van der Waals surface area contributed by atoms with Crippen molar-refractivity contribution in [2.45, 2.75) is 39.2 Å². The van der Waals surface area contributed by atoms with Crippen LogP contribution in [0.25, 0.3) is 0 Å². The third kappa shape index (κ3) is 3.15. The molecule has 3 rings (SSSR count). The fraction of sp³-hybridized carbons (Fsp3) is 0.412. The Morgan fingerprint density at radius 2 is 1.95 bits per heavy atom. The number of para-hydroxylation sites is 1. The maximum Gasteiger partial charge on any atom is 0.225 e. The Morgan fingerprint density at radius 3 is 2.76 bits per heavy atom. The molecule has 4 nitrogen and oxygen atoms in total. The normalized spacial score (nSPS) is 14.7. The molecule has 2 aromatic rings. The molecular weight excluding hydrogens is 260 g/mol. The van der Waals surface area contributed by atoms with Gasteiger partial charge in [-0.3, -0.25) is 0 Å². The summed E-state index contributed by atoms with van der Waals surface area (Å²) in [6.45, 7) is 7.33. The number of benzene rings is 1. The summed E-state index contributed by atoms with van der Waals surface area (Å²) < 4.78 is 0. The molecule has 4 heteroatoms. The maximum absolute atomic E-state index is 4.68. The van der Waals surface area contributed by atoms with Crippen molar-refractivity contribution < 1.29 is 0 Å². The van der Waals surface area contributed by atoms with E-state index in [1.165, 1.54) is 11.3 Å². The number of hydrogen-bond acceptors (Lipinski definition) is 4. The van der Waals surface area contributed by atoms with Crippen LogP contribution in [0, 0.1) is 0 Å². The van der Waals surface area contributed by atoms with E-state index < -0.39 is 0 Å². The average Bonchev–Trinajstić information content (AvgIpc) is 2.45. The van der Waals surface area contributed by atoms with Gasteiger partial charge in [0.05, 0.1) is 0 Å². The minimum atomic E-state index is -0.0432. The van der Waals surface area contributed by atoms with Crippen LogP contribution in [-0.2, 0) is 6.42 Å². The lowest BCUT2D eigenvalue weighted by molar-refractivity contribution is 0.625. The Bertz CT molecular complexity index is 631. The molecule has 0 amide bonds. The lowest BCUT2D eigenvalue weighted by Crippen LogP contribution is -2.29. The first-order valence-electron chi connectivity index (χ1n) is 7.50. The highest BCUT2D eigenvalue weighted by atomic mass is 15.2. The van der Waals surface area contributed by atoms with Gasteiger partial charge in [0.25, 0.3) is 0 Å². The summed E-state index contributed by atoms with van der Waals surface area (Å²) in [5.74, 6) is 1.65. The van der Waals surface area contributed by atoms with Crippen LogP contribution in [0.15, 0.2) is 36.5 Å². The molecule has 0 fully saturated rings. The Hall–Kier alpha value is -2.10. The van der Waals surface area contributed by atoms with E-state index in [-0.39, 0.29) is 5.54 Å². The van der Waals surface area contributed by atoms with Crippen molar-refractivity contribution >= 4 is 17.5 Å². The van der Waals surface area contributed by atoms with Crippen LogP contribution in [0.4, 0.5) is 17.5 Å². The monoisotopic (exact) mass is 282 g/mol. The second kappa shape index (κ2) is 5.35. The third-order valence-corrected chi connectivity index (χ3v) is 3.51. The Balaban J connectivity index is 1.93. The fourth-order valence-corrected chi connectivity index (χ4v) is 2.67. The number of hydrogen-bond donors (Lipinski definition) is 1. The van der Waals surface area contributed by atoms with Crippen molar-refractivity contribution in [2.75, 3.05) is 16.8 Å². The zero-order valence-corrected chi connectivity index (χ0v) is 12.9. The Kier molecular flexibility index (Phi) is 3.53. The second-order valence-electron chi connectivity index (χ2n) is 6.50. The Labute approximate surface area is 126 Å². The number of fused-ring (bicyclic) bond motifs is 1. The highest BCUT2D eigenvalue weighted by molar-refractivity contribution is 5.65. The van der Waals surface area contributed by atoms with Gasteiger partial charge in [0.1, 0.15) is 5.82 Å². The van der Waals surface area contributed by atoms with Gasteiger partial charge >= 0.3 is 0 Å². The molecule has 1 aliphatic heterocycles. The zero-order chi connectivity index (χ0) is 14.9. The van der Waals surface area contributed by atoms with E-state index in [0.717, 1.165) is 25.2 Å². The van der Waals surface area contributed by atoms with Crippen molar-refractivity contribution in [3.05, 3.63) is 42.1 Å². The number of nitrogens with one attached hydrogen (secondary N) is 1. The summed E-state index contributed by atoms with van der Waals surface area (Å²) in [5.41, 5.74) is 2.62. The van der Waals surface area contributed by atoms with Crippen LogP contribution < -0.4 is 10.2 Å². The molecule has 1 aliphatic rings. The van der Waals surface area contributed by atoms with Crippen molar-refractivity contribution in [1.29, 1.82) is 0 Å². The van der Waals surface area contributed by atoms with Gasteiger partial charge in [-0.1, -0.05) is 18.2 Å². The maximum atomic E-state index is 4.68. The van der Waals surface area contributed by atoms with Gasteiger partial charge < -0.3 is 10.2 Å². The van der Waals surface area contributed by atoms with Crippen LogP contribution in [0.1, 0.15) is 32.8 Å². The molecule has 21 heavy (non-hydrogen) atoms. The molecule has 1 aromatic heterocycles. The van der Waals surface area contributed by atoms with Gasteiger partial charge in [-0.2, -0.15) is 4.98 Å². The molecule has 0 saturated heterocycles. The second-order valence-corrected chi connectivity index (χ2v) is 6.50. The molecule has 1 aromatic carbocycles. The van der Waals surface area contributed by atoms with Crippen molar-refractivity contribution in [2.24, 2.45) is 0 Å². The minimum Gasteiger partial charge on any atom is -0.350 e. The van der Waals surface area contributed by atoms with Gasteiger partial charge in [-0.05, 0) is 51.3 Å². The first-order valence-corrected chi connectivity index (χ1v) is 7.50. The minimum absolute atomic E-state index is 0.0432. The summed E-state index contributed by atoms with van der Waals surface area (Å²) in [5, 5.41) is 3.34. The molecule has 2 heterocycles. The first kappa shape index (κ1) is 13.9. The van der Waals surface area contributed by atoms with E-state index in [9.17, 15) is 0 Å². The number of nitrogens with zero attached hydrogens (tertiary/aromatic N) is 3. The van der Waals surface area contributed by atoms with Crippen LogP contribution in [-0.4, -0.2) is 22.1 Å². The van der Waals surface area contributed by atoms with Crippen LogP contribution in [0.5, 0.6) is 0 Å². The lowest BCUT2D eigenvalue weighted by atomic mass is 10.0. The largest absolute Gasteiger partial charge is 0.350 e. The van der Waals surface area contributed by atoms with Crippen LogP contribution in [0.2, 0.25) is 0 Å². The van der Waals surface area contributed by atoms with Crippen molar-refractivity contribution in [3.63, 3.8) is 0 Å². The first-order chi connectivity index (χ1) is 10.0. The molecule has 0 bridgehead atoms. The molecule has 1 N–H and O–H groups in total. The predicted molar refractivity (Wildman–Crippen MR) is 87.2 cm³/mol. The van der Waals surface area contributed by atoms with E-state index >= 15 is 0 Å². The summed E-state index contributed by atoms with van der Waals surface area (Å²) in [6.07, 6.45) is 4.13. The van der Waals surface area contributed by atoms with Crippen molar-refractivity contribution in [1.82, 2.24) is 9.97 Å². The molecule has 0 radical (unpaired) electrons. The van der Waals surface area contributed by atoms with Crippen molar-refractivity contribution in [3.8, 4) is 0 Å². The fourth-order valence-electron chi connectivity index (χ4n) is 2.67. The molecular formula is C17H22N4. The summed E-state index contributed by atoms with van der Waals surface area (Å²) in [6, 6.07) is 10.6. The smallest absolute Gasteiger partial charge is 0.225 e. The van der Waals surface area contributed by atoms with E-state index in [1.807, 2.05) is 12.3 Å². The van der Waals surface area contributed by atoms with E-state index in [1.54, 1.807) is 0 Å². The topological polar surface area (TPSA) is 41.1 Å². The van der Waals surface area contributed by atoms with Gasteiger partial charge in [0.15, 0.2) is 0 Å². The molecule has 0 spiro atoms. The highest BCUT2D eigenvalue weighted by Gasteiger charge is 2.19. The van der Waals surface area contributed by atoms with Gasteiger partial charge in [-0.25, -0.2) is 4.98 Å². The Morgan fingerprint density at radius 1 is 1.14 bits per heavy atom. The van der Waals surface area contributed by atoms with Gasteiger partial charge in [-0.15, -0.1) is 0 Å². The van der Waals surface area contributed by atoms with Gasteiger partial charge in [0, 0.05) is 24.0 Å². The number of anilines is 3. The number of aryl methyl sites for hydroxylation is 1. The predicted octanol–water partition coefficient (Wildman–Crippen LogP) is 3.77. The molecule has 0 aliphatic carbocycles. The van der Waals surface area contributed by atoms with E-state index in [2.05, 4.69) is 65.2 Å². The third-order valence-electron chi connectivity index (χ3n) is 3.51. The van der Waals surface area contributed by atoms with E-state index in [4.69, 9.17) is 0 Å². The quantitative estimate of drug-likeness (QED) is 0.910. The van der Waals surface area contributed by atoms with Crippen LogP contribution in [0.3, 0.4) is 0 Å². The molecule has 0 unspecified atom stereocenters. The van der Waals surface area contributed by atoms with E-state index in [0.29, 0.717) is 5.95 Å². The number of rotatable bonds is 2. The van der Waals surface area contributed by atoms with Gasteiger partial charge in [0.2, 0.25) is 5.95 Å². The summed E-state index contributed by atoms with van der Waals surface area (Å²) in [4.78, 5) is 11.3. The SMILES string of the molecule is CC(C)(C)Nc1nccc(N2CCCc3ccccc32)n1. The highest BCUT2D eigenvalue weighted by Crippen LogP contribution is 2.32. The zero-order valence-electron chi connectivity index (χ0n) is 12.9.